The fraction of sp³-hybridized carbons (Fsp3) is 0.846. The largest absolute Gasteiger partial charge is 0.458 e. The first-order valence-corrected chi connectivity index (χ1v) is 8.56. The maximum atomic E-state index is 11.9. The Morgan fingerprint density at radius 1 is 1.14 bits per heavy atom. The van der Waals surface area contributed by atoms with E-state index in [1.54, 1.807) is 27.7 Å². The van der Waals surface area contributed by atoms with Crippen LogP contribution in [0.1, 0.15) is 48.0 Å². The number of amides is 1. The molecule has 0 saturated carbocycles. The Hall–Kier alpha value is -1.15. The molecule has 0 bridgehead atoms. The molecule has 21 heavy (non-hydrogen) atoms. The third-order valence-electron chi connectivity index (χ3n) is 2.34. The van der Waals surface area contributed by atoms with Crippen molar-refractivity contribution in [3.63, 3.8) is 0 Å². The molecular weight excluding hydrogens is 296 g/mol. The first kappa shape index (κ1) is 19.9. The number of nitrogens with one attached hydrogen (secondary N) is 2. The van der Waals surface area contributed by atoms with Crippen LogP contribution in [-0.4, -0.2) is 43.7 Å². The minimum absolute atomic E-state index is 0.0494. The van der Waals surface area contributed by atoms with Crippen molar-refractivity contribution >= 4 is 21.9 Å². The standard InChI is InChI=1S/C13H26N2O5S/c1-7-8-21(18,19)15-9(2)11(16)14-10(3)12(17)20-13(4,5)6/h9-10,15H,7-8H2,1-6H3,(H,14,16)/t9?,10-/m0/s1. The van der Waals surface area contributed by atoms with Crippen molar-refractivity contribution < 1.29 is 22.7 Å². The molecule has 8 heteroatoms. The zero-order valence-corrected chi connectivity index (χ0v) is 14.3. The van der Waals surface area contributed by atoms with Gasteiger partial charge in [0.1, 0.15) is 11.6 Å². The highest BCUT2D eigenvalue weighted by Crippen LogP contribution is 2.08. The molecule has 0 rings (SSSR count). The SMILES string of the molecule is CCCS(=O)(=O)NC(C)C(=O)N[C@@H](C)C(=O)OC(C)(C)C. The summed E-state index contributed by atoms with van der Waals surface area (Å²) in [6.45, 7) is 9.81. The van der Waals surface area contributed by atoms with Gasteiger partial charge in [0.05, 0.1) is 11.8 Å². The Bertz CT molecular complexity index is 467. The Labute approximate surface area is 126 Å². The third-order valence-corrected chi connectivity index (χ3v) is 4.00. The van der Waals surface area contributed by atoms with Crippen LogP contribution in [0.5, 0.6) is 0 Å². The van der Waals surface area contributed by atoms with Crippen LogP contribution >= 0.6 is 0 Å². The van der Waals surface area contributed by atoms with E-state index in [0.717, 1.165) is 0 Å². The minimum Gasteiger partial charge on any atom is -0.458 e. The van der Waals surface area contributed by atoms with Crippen molar-refractivity contribution in [1.82, 2.24) is 10.0 Å². The Balaban J connectivity index is 4.51. The molecule has 1 amide bonds. The molecule has 0 saturated heterocycles. The van der Waals surface area contributed by atoms with Crippen LogP contribution in [0.25, 0.3) is 0 Å². The molecule has 0 aliphatic heterocycles. The van der Waals surface area contributed by atoms with Crippen molar-refractivity contribution in [1.29, 1.82) is 0 Å². The summed E-state index contributed by atoms with van der Waals surface area (Å²) in [4.78, 5) is 23.6. The summed E-state index contributed by atoms with van der Waals surface area (Å²) in [5, 5.41) is 2.43. The van der Waals surface area contributed by atoms with Gasteiger partial charge >= 0.3 is 5.97 Å². The lowest BCUT2D eigenvalue weighted by molar-refractivity contribution is -0.158. The van der Waals surface area contributed by atoms with Gasteiger partial charge in [0.25, 0.3) is 0 Å². The number of hydrogen-bond donors (Lipinski definition) is 2. The van der Waals surface area contributed by atoms with Crippen LogP contribution in [0.4, 0.5) is 0 Å². The summed E-state index contributed by atoms with van der Waals surface area (Å²) in [6, 6.07) is -1.80. The number of carbonyl (C=O) groups excluding carboxylic acids is 2. The van der Waals surface area contributed by atoms with Crippen molar-refractivity contribution in [3.8, 4) is 0 Å². The van der Waals surface area contributed by atoms with Gasteiger partial charge < -0.3 is 10.1 Å². The number of rotatable bonds is 7. The van der Waals surface area contributed by atoms with Gasteiger partial charge in [-0.3, -0.25) is 4.79 Å². The molecule has 0 aliphatic carbocycles. The average Bonchev–Trinajstić information content (AvgIpc) is 2.25. The highest BCUT2D eigenvalue weighted by molar-refractivity contribution is 7.89. The van der Waals surface area contributed by atoms with Gasteiger partial charge in [-0.15, -0.1) is 0 Å². The van der Waals surface area contributed by atoms with E-state index in [9.17, 15) is 18.0 Å². The normalized spacial score (nSPS) is 15.1. The van der Waals surface area contributed by atoms with E-state index in [-0.39, 0.29) is 5.75 Å². The Morgan fingerprint density at radius 3 is 2.10 bits per heavy atom. The van der Waals surface area contributed by atoms with Crippen LogP contribution in [0.3, 0.4) is 0 Å². The van der Waals surface area contributed by atoms with Gasteiger partial charge in [-0.05, 0) is 41.0 Å². The molecule has 2 N–H and O–H groups in total. The summed E-state index contributed by atoms with van der Waals surface area (Å²) < 4.78 is 30.5. The fourth-order valence-electron chi connectivity index (χ4n) is 1.44. The van der Waals surface area contributed by atoms with Crippen LogP contribution in [0.15, 0.2) is 0 Å². The van der Waals surface area contributed by atoms with E-state index < -0.39 is 39.6 Å². The summed E-state index contributed by atoms with van der Waals surface area (Å²) in [5.41, 5.74) is -0.648. The maximum absolute atomic E-state index is 11.9. The van der Waals surface area contributed by atoms with Crippen LogP contribution < -0.4 is 10.0 Å². The molecule has 2 atom stereocenters. The Kier molecular flexibility index (Phi) is 7.32. The van der Waals surface area contributed by atoms with Gasteiger partial charge in [-0.2, -0.15) is 0 Å². The van der Waals surface area contributed by atoms with Gasteiger partial charge in [0.15, 0.2) is 0 Å². The van der Waals surface area contributed by atoms with Crippen LogP contribution in [0.2, 0.25) is 0 Å². The molecular formula is C13H26N2O5S. The number of sulfonamides is 1. The predicted octanol–water partition coefficient (Wildman–Crippen LogP) is 0.551. The molecule has 0 aromatic rings. The number of hydrogen-bond acceptors (Lipinski definition) is 5. The van der Waals surface area contributed by atoms with Crippen LogP contribution in [0, 0.1) is 0 Å². The molecule has 0 fully saturated rings. The molecule has 7 nitrogen and oxygen atoms in total. The van der Waals surface area contributed by atoms with Crippen molar-refractivity contribution in [3.05, 3.63) is 0 Å². The topological polar surface area (TPSA) is 102 Å². The molecule has 124 valence electrons. The molecule has 0 aromatic heterocycles. The second-order valence-corrected chi connectivity index (χ2v) is 7.80. The second kappa shape index (κ2) is 7.74. The summed E-state index contributed by atoms with van der Waals surface area (Å²) >= 11 is 0. The van der Waals surface area contributed by atoms with E-state index in [1.807, 2.05) is 0 Å². The van der Waals surface area contributed by atoms with Gasteiger partial charge in [-0.25, -0.2) is 17.9 Å². The van der Waals surface area contributed by atoms with Crippen molar-refractivity contribution in [2.45, 2.75) is 65.6 Å². The van der Waals surface area contributed by atoms with Crippen molar-refractivity contribution in [2.75, 3.05) is 5.75 Å². The third kappa shape index (κ3) is 8.67. The molecule has 0 aliphatic rings. The zero-order valence-electron chi connectivity index (χ0n) is 13.5. The maximum Gasteiger partial charge on any atom is 0.328 e. The molecule has 0 radical (unpaired) electrons. The fourth-order valence-corrected chi connectivity index (χ4v) is 2.74. The number of ether oxygens (including phenoxy) is 1. The molecule has 0 spiro atoms. The van der Waals surface area contributed by atoms with Crippen LogP contribution in [-0.2, 0) is 24.3 Å². The highest BCUT2D eigenvalue weighted by Gasteiger charge is 2.26. The smallest absolute Gasteiger partial charge is 0.328 e. The summed E-state index contributed by atoms with van der Waals surface area (Å²) in [6.07, 6.45) is 0.456. The first-order chi connectivity index (χ1) is 9.38. The van der Waals surface area contributed by atoms with Gasteiger partial charge in [0.2, 0.25) is 15.9 Å². The minimum atomic E-state index is -3.49. The number of esters is 1. The first-order valence-electron chi connectivity index (χ1n) is 6.91. The lowest BCUT2D eigenvalue weighted by Crippen LogP contribution is -2.50. The molecule has 0 aromatic carbocycles. The number of carbonyl (C=O) groups is 2. The quantitative estimate of drug-likeness (QED) is 0.667. The van der Waals surface area contributed by atoms with E-state index in [1.165, 1.54) is 13.8 Å². The summed E-state index contributed by atoms with van der Waals surface area (Å²) in [7, 11) is -3.49. The van der Waals surface area contributed by atoms with Gasteiger partial charge in [0, 0.05) is 0 Å². The second-order valence-electron chi connectivity index (χ2n) is 5.92. The van der Waals surface area contributed by atoms with E-state index in [4.69, 9.17) is 4.74 Å². The monoisotopic (exact) mass is 322 g/mol. The predicted molar refractivity (Wildman–Crippen MR) is 80.1 cm³/mol. The van der Waals surface area contributed by atoms with E-state index in [2.05, 4.69) is 10.0 Å². The zero-order chi connectivity index (χ0) is 16.8. The average molecular weight is 322 g/mol. The Morgan fingerprint density at radius 2 is 1.67 bits per heavy atom. The highest BCUT2D eigenvalue weighted by atomic mass is 32.2. The summed E-state index contributed by atoms with van der Waals surface area (Å²) in [5.74, 6) is -1.20. The van der Waals surface area contributed by atoms with Crippen molar-refractivity contribution in [2.24, 2.45) is 0 Å². The van der Waals surface area contributed by atoms with E-state index in [0.29, 0.717) is 6.42 Å². The molecule has 1 unspecified atom stereocenters. The lowest BCUT2D eigenvalue weighted by atomic mass is 10.2. The lowest BCUT2D eigenvalue weighted by Gasteiger charge is -2.23. The molecule has 0 heterocycles. The van der Waals surface area contributed by atoms with Gasteiger partial charge in [-0.1, -0.05) is 6.92 Å². The van der Waals surface area contributed by atoms with E-state index >= 15 is 0 Å².